The number of hydrogen-bond acceptors (Lipinski definition) is 6. The number of piperazine rings is 1. The lowest BCUT2D eigenvalue weighted by atomic mass is 10.3. The van der Waals surface area contributed by atoms with Crippen molar-refractivity contribution < 1.29 is 22.7 Å². The monoisotopic (exact) mass is 386 g/mol. The Balaban J connectivity index is 1.72. The lowest BCUT2D eigenvalue weighted by Gasteiger charge is -2.34. The quantitative estimate of drug-likeness (QED) is 0.770. The highest BCUT2D eigenvalue weighted by molar-refractivity contribution is 7.99. The minimum absolute atomic E-state index is 0.0557. The number of rotatable bonds is 4. The third kappa shape index (κ3) is 4.04. The molecule has 0 saturated carbocycles. The molecule has 2 heterocycles. The lowest BCUT2D eigenvalue weighted by Crippen LogP contribution is -2.50. The van der Waals surface area contributed by atoms with Gasteiger partial charge in [-0.05, 0) is 18.4 Å². The molecule has 0 atom stereocenters. The summed E-state index contributed by atoms with van der Waals surface area (Å²) in [6.07, 6.45) is 2.64. The van der Waals surface area contributed by atoms with Gasteiger partial charge in [0.1, 0.15) is 0 Å². The molecule has 9 heteroatoms. The molecule has 0 N–H and O–H groups in total. The number of carbonyl (C=O) groups is 1. The van der Waals surface area contributed by atoms with Gasteiger partial charge in [-0.1, -0.05) is 0 Å². The summed E-state index contributed by atoms with van der Waals surface area (Å²) in [7, 11) is -3.61. The average molecular weight is 386 g/mol. The van der Waals surface area contributed by atoms with Gasteiger partial charge in [-0.25, -0.2) is 8.42 Å². The first kappa shape index (κ1) is 18.3. The maximum absolute atomic E-state index is 12.9. The zero-order valence-corrected chi connectivity index (χ0v) is 15.8. The van der Waals surface area contributed by atoms with Crippen LogP contribution in [0.3, 0.4) is 0 Å². The van der Waals surface area contributed by atoms with Crippen molar-refractivity contribution in [1.29, 1.82) is 0 Å². The second-order valence-corrected chi connectivity index (χ2v) is 8.68. The van der Waals surface area contributed by atoms with E-state index in [9.17, 15) is 13.2 Å². The number of amides is 1. The van der Waals surface area contributed by atoms with Crippen LogP contribution in [0.15, 0.2) is 23.1 Å². The van der Waals surface area contributed by atoms with Gasteiger partial charge in [0.05, 0.1) is 23.9 Å². The van der Waals surface area contributed by atoms with Gasteiger partial charge in [0.2, 0.25) is 15.9 Å². The van der Waals surface area contributed by atoms with Gasteiger partial charge in [0.25, 0.3) is 0 Å². The smallest absolute Gasteiger partial charge is 0.243 e. The highest BCUT2D eigenvalue weighted by atomic mass is 32.2. The zero-order chi connectivity index (χ0) is 17.9. The first-order valence-electron chi connectivity index (χ1n) is 8.19. The number of fused-ring (bicyclic) bond motifs is 1. The SMILES string of the molecule is CSCC(=O)N1CCN(S(=O)(=O)c2ccc3c(c2)OCCCO3)CC1. The van der Waals surface area contributed by atoms with Crippen molar-refractivity contribution in [3.05, 3.63) is 18.2 Å². The molecule has 1 fully saturated rings. The van der Waals surface area contributed by atoms with E-state index in [4.69, 9.17) is 9.47 Å². The minimum atomic E-state index is -3.61. The van der Waals surface area contributed by atoms with Crippen LogP contribution >= 0.6 is 11.8 Å². The molecule has 0 aliphatic carbocycles. The second kappa shape index (κ2) is 7.84. The van der Waals surface area contributed by atoms with E-state index in [0.29, 0.717) is 56.6 Å². The molecule has 2 aliphatic rings. The fourth-order valence-electron chi connectivity index (χ4n) is 2.85. The highest BCUT2D eigenvalue weighted by Crippen LogP contribution is 2.33. The summed E-state index contributed by atoms with van der Waals surface area (Å²) in [6.45, 7) is 2.51. The van der Waals surface area contributed by atoms with Crippen molar-refractivity contribution in [1.82, 2.24) is 9.21 Å². The fraction of sp³-hybridized carbons (Fsp3) is 0.562. The minimum Gasteiger partial charge on any atom is -0.490 e. The van der Waals surface area contributed by atoms with Crippen molar-refractivity contribution in [3.8, 4) is 11.5 Å². The molecular weight excluding hydrogens is 364 g/mol. The molecule has 3 rings (SSSR count). The van der Waals surface area contributed by atoms with Gasteiger partial charge in [0, 0.05) is 38.7 Å². The number of sulfonamides is 1. The number of thioether (sulfide) groups is 1. The maximum atomic E-state index is 12.9. The van der Waals surface area contributed by atoms with Crippen molar-refractivity contribution >= 4 is 27.7 Å². The molecule has 1 saturated heterocycles. The summed E-state index contributed by atoms with van der Waals surface area (Å²) in [6, 6.07) is 4.72. The van der Waals surface area contributed by atoms with Gasteiger partial charge in [-0.2, -0.15) is 16.1 Å². The van der Waals surface area contributed by atoms with Gasteiger partial charge in [-0.15, -0.1) is 0 Å². The third-order valence-electron chi connectivity index (χ3n) is 4.22. The first-order chi connectivity index (χ1) is 12.0. The van der Waals surface area contributed by atoms with Crippen LogP contribution in [0.4, 0.5) is 0 Å². The Morgan fingerprint density at radius 2 is 1.80 bits per heavy atom. The van der Waals surface area contributed by atoms with Crippen LogP contribution in [0.2, 0.25) is 0 Å². The van der Waals surface area contributed by atoms with Crippen LogP contribution in [0.25, 0.3) is 0 Å². The molecule has 1 amide bonds. The van der Waals surface area contributed by atoms with Gasteiger partial charge < -0.3 is 14.4 Å². The van der Waals surface area contributed by atoms with E-state index in [1.165, 1.54) is 22.1 Å². The number of benzene rings is 1. The summed E-state index contributed by atoms with van der Waals surface area (Å²) in [4.78, 5) is 13.8. The molecule has 0 radical (unpaired) electrons. The average Bonchev–Trinajstić information content (AvgIpc) is 2.86. The van der Waals surface area contributed by atoms with Gasteiger partial charge >= 0.3 is 0 Å². The lowest BCUT2D eigenvalue weighted by molar-refractivity contribution is -0.129. The van der Waals surface area contributed by atoms with Gasteiger partial charge in [0.15, 0.2) is 11.5 Å². The predicted octanol–water partition coefficient (Wildman–Crippen LogP) is 1.04. The van der Waals surface area contributed by atoms with Crippen LogP contribution in [0, 0.1) is 0 Å². The van der Waals surface area contributed by atoms with Crippen molar-refractivity contribution in [2.75, 3.05) is 51.4 Å². The third-order valence-corrected chi connectivity index (χ3v) is 6.65. The number of carbonyl (C=O) groups excluding carboxylic acids is 1. The van der Waals surface area contributed by atoms with Crippen LogP contribution < -0.4 is 9.47 Å². The molecule has 2 aliphatic heterocycles. The Hall–Kier alpha value is -1.45. The highest BCUT2D eigenvalue weighted by Gasteiger charge is 2.30. The van der Waals surface area contributed by atoms with Crippen LogP contribution in [0.5, 0.6) is 11.5 Å². The van der Waals surface area contributed by atoms with E-state index >= 15 is 0 Å². The van der Waals surface area contributed by atoms with Crippen LogP contribution in [-0.2, 0) is 14.8 Å². The summed E-state index contributed by atoms with van der Waals surface area (Å²) >= 11 is 1.47. The molecule has 1 aromatic carbocycles. The van der Waals surface area contributed by atoms with E-state index in [2.05, 4.69) is 0 Å². The standard InChI is InChI=1S/C16H22N2O5S2/c1-24-12-16(19)17-5-7-18(8-6-17)25(20,21)13-3-4-14-15(11-13)23-10-2-9-22-14/h3-4,11H,2,5-10,12H2,1H3. The maximum Gasteiger partial charge on any atom is 0.243 e. The fourth-order valence-corrected chi connectivity index (χ4v) is 4.71. The Morgan fingerprint density at radius 1 is 1.12 bits per heavy atom. The Kier molecular flexibility index (Phi) is 5.75. The molecule has 0 unspecified atom stereocenters. The second-order valence-electron chi connectivity index (χ2n) is 5.88. The first-order valence-corrected chi connectivity index (χ1v) is 11.0. The number of nitrogens with zero attached hydrogens (tertiary/aromatic N) is 2. The Morgan fingerprint density at radius 3 is 2.48 bits per heavy atom. The van der Waals surface area contributed by atoms with E-state index in [1.54, 1.807) is 17.0 Å². The molecular formula is C16H22N2O5S2. The summed E-state index contributed by atoms with van der Waals surface area (Å²) < 4.78 is 38.3. The van der Waals surface area contributed by atoms with Crippen LogP contribution in [-0.4, -0.2) is 74.9 Å². The molecule has 0 aromatic heterocycles. The molecule has 138 valence electrons. The van der Waals surface area contributed by atoms with Crippen molar-refractivity contribution in [3.63, 3.8) is 0 Å². The number of hydrogen-bond donors (Lipinski definition) is 0. The normalized spacial score (nSPS) is 18.7. The van der Waals surface area contributed by atoms with Crippen molar-refractivity contribution in [2.24, 2.45) is 0 Å². The topological polar surface area (TPSA) is 76.2 Å². The van der Waals surface area contributed by atoms with E-state index in [1.807, 2.05) is 6.26 Å². The zero-order valence-electron chi connectivity index (χ0n) is 14.1. The summed E-state index contributed by atoms with van der Waals surface area (Å²) in [5, 5.41) is 0. The summed E-state index contributed by atoms with van der Waals surface area (Å²) in [5.74, 6) is 1.52. The van der Waals surface area contributed by atoms with E-state index < -0.39 is 10.0 Å². The van der Waals surface area contributed by atoms with E-state index in [0.717, 1.165) is 6.42 Å². The molecule has 0 spiro atoms. The Labute approximate surface area is 152 Å². The van der Waals surface area contributed by atoms with Gasteiger partial charge in [-0.3, -0.25) is 4.79 Å². The van der Waals surface area contributed by atoms with Crippen molar-refractivity contribution in [2.45, 2.75) is 11.3 Å². The summed E-state index contributed by atoms with van der Waals surface area (Å²) in [5.41, 5.74) is 0. The van der Waals surface area contributed by atoms with Crippen LogP contribution in [0.1, 0.15) is 6.42 Å². The number of ether oxygens (including phenoxy) is 2. The van der Waals surface area contributed by atoms with E-state index in [-0.39, 0.29) is 10.8 Å². The molecule has 0 bridgehead atoms. The Bertz CT molecular complexity index is 730. The molecule has 25 heavy (non-hydrogen) atoms. The molecule has 1 aromatic rings. The molecule has 7 nitrogen and oxygen atoms in total. The largest absolute Gasteiger partial charge is 0.490 e. The predicted molar refractivity (Wildman–Crippen MR) is 95.8 cm³/mol.